The zero-order chi connectivity index (χ0) is 20.5. The Kier molecular flexibility index (Phi) is 3.59. The molecule has 8 nitrogen and oxygen atoms in total. The van der Waals surface area contributed by atoms with Gasteiger partial charge in [-0.3, -0.25) is 9.20 Å². The summed E-state index contributed by atoms with van der Waals surface area (Å²) in [6.45, 7) is 4.97. The van der Waals surface area contributed by atoms with E-state index in [4.69, 9.17) is 0 Å². The molecule has 1 aliphatic carbocycles. The number of fused-ring (bicyclic) bond motifs is 2. The van der Waals surface area contributed by atoms with E-state index >= 15 is 0 Å². The van der Waals surface area contributed by atoms with Crippen molar-refractivity contribution in [2.75, 3.05) is 24.5 Å². The topological polar surface area (TPSA) is 71.6 Å². The molecule has 4 aromatic heterocycles. The summed E-state index contributed by atoms with van der Waals surface area (Å²) in [5, 5.41) is 12.7. The molecule has 1 saturated carbocycles. The number of rotatable bonds is 2. The molecule has 0 aromatic carbocycles. The van der Waals surface area contributed by atoms with Crippen LogP contribution in [0.4, 0.5) is 5.69 Å². The minimum absolute atomic E-state index is 0.0450. The quantitative estimate of drug-likeness (QED) is 0.508. The van der Waals surface area contributed by atoms with Gasteiger partial charge in [0.15, 0.2) is 0 Å². The van der Waals surface area contributed by atoms with Gasteiger partial charge in [0.25, 0.3) is 5.56 Å². The van der Waals surface area contributed by atoms with Crippen LogP contribution in [-0.2, 0) is 7.05 Å². The zero-order valence-electron chi connectivity index (χ0n) is 17.2. The zero-order valence-corrected chi connectivity index (χ0v) is 17.2. The Balaban J connectivity index is 1.41. The van der Waals surface area contributed by atoms with Gasteiger partial charge in [-0.15, -0.1) is 14.3 Å². The molecular formula is C22H24N7O+. The van der Waals surface area contributed by atoms with Gasteiger partial charge in [-0.2, -0.15) is 0 Å². The lowest BCUT2D eigenvalue weighted by Gasteiger charge is -2.35. The van der Waals surface area contributed by atoms with E-state index in [2.05, 4.69) is 26.5 Å². The van der Waals surface area contributed by atoms with Crippen molar-refractivity contribution in [2.24, 2.45) is 7.05 Å². The van der Waals surface area contributed by atoms with Crippen LogP contribution in [-0.4, -0.2) is 44.5 Å². The SMILES string of the molecule is Cc1cc(-c2cc(=O)n3cc(N4CCNC5(CC5)C4)ccc3c2)n[n+]2cn(C)nc12. The average Bonchev–Trinajstić information content (AvgIpc) is 3.35. The smallest absolute Gasteiger partial charge is 0.328 e. The summed E-state index contributed by atoms with van der Waals surface area (Å²) in [5.74, 6) is 0. The number of piperazine rings is 1. The monoisotopic (exact) mass is 402 g/mol. The van der Waals surface area contributed by atoms with E-state index in [0.29, 0.717) is 5.54 Å². The van der Waals surface area contributed by atoms with Crippen molar-refractivity contribution in [1.29, 1.82) is 0 Å². The van der Waals surface area contributed by atoms with E-state index in [1.54, 1.807) is 19.7 Å². The molecule has 152 valence electrons. The Bertz CT molecular complexity index is 1370. The standard InChI is InChI=1S/C22H24N7O/c1-15-9-19(24-29-14-26(2)25-21(15)29)16-10-17-3-4-18(12-28(17)20(30)11-16)27-8-7-23-22(13-27)5-6-22/h3-4,9-12,14,23H,5-8,13H2,1-2H3/q+1. The largest absolute Gasteiger partial charge is 0.367 e. The van der Waals surface area contributed by atoms with Gasteiger partial charge in [0, 0.05) is 59.2 Å². The van der Waals surface area contributed by atoms with Crippen LogP contribution in [0.2, 0.25) is 0 Å². The van der Waals surface area contributed by atoms with Crippen molar-refractivity contribution in [3.8, 4) is 11.3 Å². The van der Waals surface area contributed by atoms with E-state index in [-0.39, 0.29) is 5.56 Å². The highest BCUT2D eigenvalue weighted by atomic mass is 16.1. The fourth-order valence-electron chi connectivity index (χ4n) is 4.53. The lowest BCUT2D eigenvalue weighted by Crippen LogP contribution is -2.52. The Hall–Kier alpha value is -3.26. The maximum absolute atomic E-state index is 13.0. The van der Waals surface area contributed by atoms with Crippen molar-refractivity contribution < 1.29 is 4.52 Å². The fraction of sp³-hybridized carbons (Fsp3) is 0.364. The van der Waals surface area contributed by atoms with Crippen LogP contribution in [0.25, 0.3) is 22.4 Å². The van der Waals surface area contributed by atoms with Crippen LogP contribution >= 0.6 is 0 Å². The van der Waals surface area contributed by atoms with Crippen LogP contribution in [0, 0.1) is 6.92 Å². The van der Waals surface area contributed by atoms with Gasteiger partial charge in [-0.25, -0.2) is 0 Å². The first kappa shape index (κ1) is 17.6. The number of aryl methyl sites for hydroxylation is 2. The van der Waals surface area contributed by atoms with E-state index in [0.717, 1.165) is 53.3 Å². The summed E-state index contributed by atoms with van der Waals surface area (Å²) in [6, 6.07) is 9.83. The number of hydrogen-bond acceptors (Lipinski definition) is 5. The van der Waals surface area contributed by atoms with Crippen LogP contribution < -0.4 is 20.3 Å². The number of hydrogen-bond donors (Lipinski definition) is 1. The summed E-state index contributed by atoms with van der Waals surface area (Å²) < 4.78 is 5.23. The van der Waals surface area contributed by atoms with Crippen molar-refractivity contribution in [3.05, 3.63) is 58.8 Å². The van der Waals surface area contributed by atoms with Gasteiger partial charge in [0.1, 0.15) is 5.69 Å². The van der Waals surface area contributed by atoms with Crippen molar-refractivity contribution >= 4 is 16.9 Å². The molecule has 1 spiro atoms. The lowest BCUT2D eigenvalue weighted by molar-refractivity contribution is -0.581. The Morgan fingerprint density at radius 3 is 2.90 bits per heavy atom. The predicted octanol–water partition coefficient (Wildman–Crippen LogP) is 1.08. The van der Waals surface area contributed by atoms with Gasteiger partial charge in [-0.1, -0.05) is 0 Å². The molecule has 6 rings (SSSR count). The van der Waals surface area contributed by atoms with E-state index in [1.165, 1.54) is 12.8 Å². The third-order valence-electron chi connectivity index (χ3n) is 6.34. The molecule has 8 heteroatoms. The minimum Gasteiger partial charge on any atom is -0.367 e. The van der Waals surface area contributed by atoms with Crippen molar-refractivity contribution in [2.45, 2.75) is 25.3 Å². The molecule has 30 heavy (non-hydrogen) atoms. The average molecular weight is 402 g/mol. The molecule has 1 aliphatic heterocycles. The second-order valence-electron chi connectivity index (χ2n) is 8.66. The molecule has 1 saturated heterocycles. The first-order valence-electron chi connectivity index (χ1n) is 10.4. The molecule has 1 N–H and O–H groups in total. The molecule has 4 aromatic rings. The van der Waals surface area contributed by atoms with Gasteiger partial charge in [0.2, 0.25) is 6.33 Å². The lowest BCUT2D eigenvalue weighted by atomic mass is 10.1. The number of nitrogens with one attached hydrogen (secondary N) is 1. The molecule has 2 fully saturated rings. The molecule has 0 radical (unpaired) electrons. The van der Waals surface area contributed by atoms with Gasteiger partial charge in [0.05, 0.1) is 12.7 Å². The molecule has 0 amide bonds. The van der Waals surface area contributed by atoms with Gasteiger partial charge < -0.3 is 10.2 Å². The number of aromatic nitrogens is 5. The highest BCUT2D eigenvalue weighted by Gasteiger charge is 2.45. The Morgan fingerprint density at radius 1 is 1.20 bits per heavy atom. The molecule has 0 unspecified atom stereocenters. The summed E-state index contributed by atoms with van der Waals surface area (Å²) in [4.78, 5) is 15.4. The first-order valence-corrected chi connectivity index (χ1v) is 10.4. The molecular weight excluding hydrogens is 378 g/mol. The Labute approximate surface area is 173 Å². The first-order chi connectivity index (χ1) is 14.5. The summed E-state index contributed by atoms with van der Waals surface area (Å²) in [7, 11) is 1.87. The van der Waals surface area contributed by atoms with Crippen molar-refractivity contribution in [1.82, 2.24) is 24.6 Å². The summed E-state index contributed by atoms with van der Waals surface area (Å²) in [5.41, 5.74) is 5.63. The third-order valence-corrected chi connectivity index (χ3v) is 6.34. The highest BCUT2D eigenvalue weighted by molar-refractivity contribution is 5.68. The second kappa shape index (κ2) is 6.12. The predicted molar refractivity (Wildman–Crippen MR) is 114 cm³/mol. The summed E-state index contributed by atoms with van der Waals surface area (Å²) in [6.07, 6.45) is 6.28. The van der Waals surface area contributed by atoms with Gasteiger partial charge >= 0.3 is 5.65 Å². The third kappa shape index (κ3) is 2.79. The second-order valence-corrected chi connectivity index (χ2v) is 8.66. The fourth-order valence-corrected chi connectivity index (χ4v) is 4.53. The van der Waals surface area contributed by atoms with Crippen LogP contribution in [0.1, 0.15) is 18.4 Å². The summed E-state index contributed by atoms with van der Waals surface area (Å²) >= 11 is 0. The van der Waals surface area contributed by atoms with E-state index in [1.807, 2.05) is 44.7 Å². The number of anilines is 1. The maximum Gasteiger partial charge on any atom is 0.328 e. The molecule has 0 atom stereocenters. The van der Waals surface area contributed by atoms with Crippen LogP contribution in [0.3, 0.4) is 0 Å². The van der Waals surface area contributed by atoms with E-state index < -0.39 is 0 Å². The molecule has 0 bridgehead atoms. The highest BCUT2D eigenvalue weighted by Crippen LogP contribution is 2.38. The van der Waals surface area contributed by atoms with Gasteiger partial charge in [-0.05, 0) is 44.0 Å². The molecule has 5 heterocycles. The number of nitrogens with zero attached hydrogens (tertiary/aromatic N) is 6. The maximum atomic E-state index is 13.0. The number of pyridine rings is 2. The van der Waals surface area contributed by atoms with Crippen LogP contribution in [0.5, 0.6) is 0 Å². The minimum atomic E-state index is -0.0450. The Morgan fingerprint density at radius 2 is 2.07 bits per heavy atom. The molecule has 2 aliphatic rings. The normalized spacial score (nSPS) is 17.9. The van der Waals surface area contributed by atoms with Crippen molar-refractivity contribution in [3.63, 3.8) is 0 Å². The van der Waals surface area contributed by atoms with E-state index in [9.17, 15) is 4.79 Å². The van der Waals surface area contributed by atoms with Crippen LogP contribution in [0.15, 0.2) is 47.7 Å².